The standard InChI is InChI=1S/C19H21N3OS/c1-3-14-12-24-19-21-17(16-6-4-5-11-20-16)18(22(14)19)13-7-9-15(23-2)10-8-13/h4-11,14,17-18H,3,12H2,1-2H3/t14-,17-,18+/m1/s1. The zero-order valence-corrected chi connectivity index (χ0v) is 14.7. The number of hydrogen-bond acceptors (Lipinski definition) is 5. The number of pyridine rings is 1. The first-order valence-corrected chi connectivity index (χ1v) is 9.34. The Labute approximate surface area is 147 Å². The summed E-state index contributed by atoms with van der Waals surface area (Å²) in [5.41, 5.74) is 2.31. The molecule has 1 aromatic heterocycles. The third-order valence-corrected chi connectivity index (χ3v) is 5.91. The zero-order valence-electron chi connectivity index (χ0n) is 13.9. The summed E-state index contributed by atoms with van der Waals surface area (Å²) in [6.07, 6.45) is 2.99. The van der Waals surface area contributed by atoms with E-state index in [0.29, 0.717) is 6.04 Å². The van der Waals surface area contributed by atoms with Crippen LogP contribution >= 0.6 is 11.8 Å². The molecule has 3 heterocycles. The van der Waals surface area contributed by atoms with Gasteiger partial charge >= 0.3 is 0 Å². The predicted molar refractivity (Wildman–Crippen MR) is 98.5 cm³/mol. The maximum atomic E-state index is 5.31. The van der Waals surface area contributed by atoms with E-state index in [-0.39, 0.29) is 12.1 Å². The minimum Gasteiger partial charge on any atom is -0.497 e. The fraction of sp³-hybridized carbons (Fsp3) is 0.368. The van der Waals surface area contributed by atoms with E-state index in [0.717, 1.165) is 23.6 Å². The van der Waals surface area contributed by atoms with E-state index in [4.69, 9.17) is 9.73 Å². The van der Waals surface area contributed by atoms with Crippen LogP contribution in [0.2, 0.25) is 0 Å². The van der Waals surface area contributed by atoms with Crippen molar-refractivity contribution in [2.45, 2.75) is 31.5 Å². The molecule has 0 radical (unpaired) electrons. The highest BCUT2D eigenvalue weighted by Gasteiger charge is 2.45. The highest BCUT2D eigenvalue weighted by atomic mass is 32.2. The van der Waals surface area contributed by atoms with E-state index in [1.54, 1.807) is 7.11 Å². The molecule has 4 nitrogen and oxygen atoms in total. The van der Waals surface area contributed by atoms with E-state index in [9.17, 15) is 0 Å². The monoisotopic (exact) mass is 339 g/mol. The van der Waals surface area contributed by atoms with E-state index in [1.807, 2.05) is 42.2 Å². The number of amidine groups is 1. The first-order chi connectivity index (χ1) is 11.8. The molecule has 1 saturated heterocycles. The smallest absolute Gasteiger partial charge is 0.160 e. The summed E-state index contributed by atoms with van der Waals surface area (Å²) in [5, 5.41) is 1.17. The quantitative estimate of drug-likeness (QED) is 0.841. The van der Waals surface area contributed by atoms with Crippen LogP contribution in [0.5, 0.6) is 5.75 Å². The number of nitrogens with zero attached hydrogens (tertiary/aromatic N) is 3. The predicted octanol–water partition coefficient (Wildman–Crippen LogP) is 4.07. The molecule has 0 saturated carbocycles. The largest absolute Gasteiger partial charge is 0.497 e. The number of benzene rings is 1. The van der Waals surface area contributed by atoms with Crippen LogP contribution in [0.4, 0.5) is 0 Å². The van der Waals surface area contributed by atoms with Crippen molar-refractivity contribution >= 4 is 16.9 Å². The summed E-state index contributed by atoms with van der Waals surface area (Å²) in [6.45, 7) is 2.26. The molecule has 2 aromatic rings. The van der Waals surface area contributed by atoms with Crippen LogP contribution in [0, 0.1) is 0 Å². The second-order valence-corrected chi connectivity index (χ2v) is 7.10. The van der Waals surface area contributed by atoms with Gasteiger partial charge in [0.15, 0.2) is 5.17 Å². The molecule has 0 spiro atoms. The van der Waals surface area contributed by atoms with Gasteiger partial charge in [0, 0.05) is 18.0 Å². The molecule has 2 aliphatic rings. The number of rotatable bonds is 4. The molecule has 1 fully saturated rings. The van der Waals surface area contributed by atoms with Crippen molar-refractivity contribution < 1.29 is 4.74 Å². The molecule has 2 aliphatic heterocycles. The number of methoxy groups -OCH3 is 1. The molecular weight excluding hydrogens is 318 g/mol. The zero-order chi connectivity index (χ0) is 16.5. The van der Waals surface area contributed by atoms with Crippen molar-refractivity contribution in [2.75, 3.05) is 12.9 Å². The molecule has 0 N–H and O–H groups in total. The van der Waals surface area contributed by atoms with Crippen LogP contribution in [-0.2, 0) is 0 Å². The van der Waals surface area contributed by atoms with Gasteiger partial charge in [-0.25, -0.2) is 0 Å². The summed E-state index contributed by atoms with van der Waals surface area (Å²) < 4.78 is 5.31. The van der Waals surface area contributed by atoms with Gasteiger partial charge in [-0.15, -0.1) is 0 Å². The molecule has 24 heavy (non-hydrogen) atoms. The second-order valence-electron chi connectivity index (χ2n) is 6.11. The summed E-state index contributed by atoms with van der Waals surface area (Å²) in [7, 11) is 1.70. The Morgan fingerprint density at radius 2 is 2.04 bits per heavy atom. The van der Waals surface area contributed by atoms with Gasteiger partial charge in [0.25, 0.3) is 0 Å². The van der Waals surface area contributed by atoms with Crippen molar-refractivity contribution in [3.8, 4) is 5.75 Å². The van der Waals surface area contributed by atoms with Gasteiger partial charge < -0.3 is 9.64 Å². The fourth-order valence-corrected chi connectivity index (χ4v) is 4.85. The van der Waals surface area contributed by atoms with Crippen LogP contribution in [0.3, 0.4) is 0 Å². The fourth-order valence-electron chi connectivity index (χ4n) is 3.51. The molecule has 0 bridgehead atoms. The average Bonchev–Trinajstić information content (AvgIpc) is 3.21. The van der Waals surface area contributed by atoms with Crippen LogP contribution in [0.25, 0.3) is 0 Å². The van der Waals surface area contributed by atoms with Gasteiger partial charge in [0.2, 0.25) is 0 Å². The number of hydrogen-bond donors (Lipinski definition) is 0. The molecule has 0 amide bonds. The Morgan fingerprint density at radius 3 is 2.71 bits per heavy atom. The van der Waals surface area contributed by atoms with Crippen molar-refractivity contribution in [3.05, 3.63) is 59.9 Å². The average molecular weight is 339 g/mol. The third-order valence-electron chi connectivity index (χ3n) is 4.79. The lowest BCUT2D eigenvalue weighted by atomic mass is 9.95. The SMILES string of the molecule is CC[C@@H]1CSC2=N[C@H](c3ccccn3)[C@H](c3ccc(OC)cc3)N21. The lowest BCUT2D eigenvalue weighted by molar-refractivity contribution is 0.255. The number of aliphatic imine (C=N–C) groups is 1. The van der Waals surface area contributed by atoms with E-state index in [1.165, 1.54) is 10.7 Å². The molecule has 124 valence electrons. The van der Waals surface area contributed by atoms with Crippen LogP contribution in [0.15, 0.2) is 53.7 Å². The Balaban J connectivity index is 1.76. The summed E-state index contributed by atoms with van der Waals surface area (Å²) in [5.74, 6) is 2.01. The molecule has 5 heteroatoms. The highest BCUT2D eigenvalue weighted by molar-refractivity contribution is 8.14. The van der Waals surface area contributed by atoms with Crippen molar-refractivity contribution in [2.24, 2.45) is 4.99 Å². The minimum absolute atomic E-state index is 0.0523. The topological polar surface area (TPSA) is 37.7 Å². The Bertz CT molecular complexity index is 732. The second kappa shape index (κ2) is 6.48. The summed E-state index contributed by atoms with van der Waals surface area (Å²) >= 11 is 1.87. The summed E-state index contributed by atoms with van der Waals surface area (Å²) in [6, 6.07) is 15.3. The normalized spacial score (nSPS) is 25.5. The van der Waals surface area contributed by atoms with Crippen LogP contribution < -0.4 is 4.74 Å². The van der Waals surface area contributed by atoms with Crippen LogP contribution in [-0.4, -0.2) is 34.0 Å². The number of ether oxygens (including phenoxy) is 1. The molecule has 1 aromatic carbocycles. The maximum absolute atomic E-state index is 5.31. The van der Waals surface area contributed by atoms with Gasteiger partial charge in [0.1, 0.15) is 11.8 Å². The Morgan fingerprint density at radius 1 is 1.21 bits per heavy atom. The van der Waals surface area contributed by atoms with Crippen LogP contribution in [0.1, 0.15) is 36.7 Å². The molecule has 0 unspecified atom stereocenters. The lowest BCUT2D eigenvalue weighted by Gasteiger charge is -2.32. The van der Waals surface area contributed by atoms with Gasteiger partial charge in [0.05, 0.1) is 18.8 Å². The Hall–Kier alpha value is -2.01. The minimum atomic E-state index is 0.0523. The van der Waals surface area contributed by atoms with Gasteiger partial charge in [-0.1, -0.05) is 36.9 Å². The summed E-state index contributed by atoms with van der Waals surface area (Å²) in [4.78, 5) is 12.1. The first kappa shape index (κ1) is 15.5. The van der Waals surface area contributed by atoms with Crippen molar-refractivity contribution in [1.29, 1.82) is 0 Å². The van der Waals surface area contributed by atoms with Gasteiger partial charge in [-0.2, -0.15) is 0 Å². The highest BCUT2D eigenvalue weighted by Crippen LogP contribution is 2.48. The van der Waals surface area contributed by atoms with Gasteiger partial charge in [-0.05, 0) is 36.2 Å². The molecule has 3 atom stereocenters. The van der Waals surface area contributed by atoms with E-state index < -0.39 is 0 Å². The third kappa shape index (κ3) is 2.57. The van der Waals surface area contributed by atoms with Crippen molar-refractivity contribution in [1.82, 2.24) is 9.88 Å². The maximum Gasteiger partial charge on any atom is 0.160 e. The number of fused-ring (bicyclic) bond motifs is 1. The first-order valence-electron chi connectivity index (χ1n) is 8.35. The van der Waals surface area contributed by atoms with Crippen molar-refractivity contribution in [3.63, 3.8) is 0 Å². The lowest BCUT2D eigenvalue weighted by Crippen LogP contribution is -2.35. The van der Waals surface area contributed by atoms with Gasteiger partial charge in [-0.3, -0.25) is 9.98 Å². The van der Waals surface area contributed by atoms with E-state index in [2.05, 4.69) is 35.0 Å². The molecule has 4 rings (SSSR count). The molecular formula is C19H21N3OS. The molecule has 0 aliphatic carbocycles. The number of thioether (sulfide) groups is 1. The number of aromatic nitrogens is 1. The van der Waals surface area contributed by atoms with E-state index >= 15 is 0 Å². The Kier molecular flexibility index (Phi) is 4.19.